The zero-order valence-corrected chi connectivity index (χ0v) is 25.2. The molecule has 1 aliphatic rings. The number of aromatic nitrogens is 2. The number of urea groups is 1. The topological polar surface area (TPSA) is 142 Å². The quantitative estimate of drug-likeness (QED) is 0.226. The number of aryl methyl sites for hydroxylation is 1. The minimum atomic E-state index is -3.95. The molecule has 0 atom stereocenters. The maximum atomic E-state index is 15.3. The number of amides is 3. The van der Waals surface area contributed by atoms with E-state index < -0.39 is 44.1 Å². The Balaban J connectivity index is 1.69. The van der Waals surface area contributed by atoms with E-state index in [1.807, 2.05) is 39.8 Å². The molecule has 2 aromatic carbocycles. The lowest BCUT2D eigenvalue weighted by Gasteiger charge is -2.21. The van der Waals surface area contributed by atoms with Crippen molar-refractivity contribution in [2.75, 3.05) is 5.32 Å². The van der Waals surface area contributed by atoms with Gasteiger partial charge in [0, 0.05) is 45.0 Å². The minimum Gasteiger partial charge on any atom is -0.333 e. The van der Waals surface area contributed by atoms with Crippen LogP contribution in [0.5, 0.6) is 0 Å². The fourth-order valence-corrected chi connectivity index (χ4v) is 6.28. The van der Waals surface area contributed by atoms with Crippen LogP contribution in [0.2, 0.25) is 0 Å². The SMILES string of the molecule is CCc1ccc2c(c1)c(-c1ccc[nH]c1=O)c(C(=O)NS(=O)(=O)C1CC1)n2Cc1cc(NC(=O)NC(C)(C)C)ccc1F. The average molecular weight is 608 g/mol. The molecule has 0 aliphatic heterocycles. The van der Waals surface area contributed by atoms with Crippen LogP contribution in [0, 0.1) is 5.82 Å². The van der Waals surface area contributed by atoms with E-state index in [1.54, 1.807) is 18.2 Å². The van der Waals surface area contributed by atoms with Gasteiger partial charge in [-0.25, -0.2) is 22.3 Å². The van der Waals surface area contributed by atoms with Crippen molar-refractivity contribution in [1.82, 2.24) is 19.6 Å². The molecule has 43 heavy (non-hydrogen) atoms. The van der Waals surface area contributed by atoms with Crippen LogP contribution in [-0.2, 0) is 23.0 Å². The third-order valence-corrected chi connectivity index (χ3v) is 8.98. The number of hydrogen-bond donors (Lipinski definition) is 4. The summed E-state index contributed by atoms with van der Waals surface area (Å²) in [5.41, 5.74) is 1.26. The molecule has 4 aromatic rings. The van der Waals surface area contributed by atoms with E-state index >= 15 is 4.39 Å². The third-order valence-electron chi connectivity index (χ3n) is 7.16. The number of carbonyl (C=O) groups excluding carboxylic acids is 2. The first kappa shape index (κ1) is 30.0. The van der Waals surface area contributed by atoms with Crippen molar-refractivity contribution in [3.63, 3.8) is 0 Å². The minimum absolute atomic E-state index is 0.0904. The third kappa shape index (κ3) is 6.48. The molecule has 0 bridgehead atoms. The van der Waals surface area contributed by atoms with Crippen LogP contribution in [0.4, 0.5) is 14.9 Å². The predicted octanol–water partition coefficient (Wildman–Crippen LogP) is 4.89. The van der Waals surface area contributed by atoms with Crippen molar-refractivity contribution in [3.8, 4) is 11.1 Å². The van der Waals surface area contributed by atoms with E-state index in [0.29, 0.717) is 35.9 Å². The van der Waals surface area contributed by atoms with Gasteiger partial charge in [0.15, 0.2) is 0 Å². The maximum absolute atomic E-state index is 15.3. The van der Waals surface area contributed by atoms with Crippen LogP contribution in [0.15, 0.2) is 59.5 Å². The highest BCUT2D eigenvalue weighted by molar-refractivity contribution is 7.91. The number of pyridine rings is 1. The molecule has 12 heteroatoms. The molecule has 1 saturated carbocycles. The molecule has 1 fully saturated rings. The van der Waals surface area contributed by atoms with Gasteiger partial charge in [-0.15, -0.1) is 0 Å². The number of halogens is 1. The van der Waals surface area contributed by atoms with Gasteiger partial charge in [-0.3, -0.25) is 9.59 Å². The highest BCUT2D eigenvalue weighted by atomic mass is 32.2. The average Bonchev–Trinajstić information content (AvgIpc) is 3.74. The van der Waals surface area contributed by atoms with Crippen molar-refractivity contribution in [3.05, 3.63) is 87.7 Å². The summed E-state index contributed by atoms with van der Waals surface area (Å²) >= 11 is 0. The molecule has 1 aliphatic carbocycles. The van der Waals surface area contributed by atoms with Crippen LogP contribution >= 0.6 is 0 Å². The van der Waals surface area contributed by atoms with E-state index in [0.717, 1.165) is 5.56 Å². The van der Waals surface area contributed by atoms with Gasteiger partial charge in [0.2, 0.25) is 10.0 Å². The number of aromatic amines is 1. The summed E-state index contributed by atoms with van der Waals surface area (Å²) in [6, 6.07) is 12.3. The van der Waals surface area contributed by atoms with E-state index in [-0.39, 0.29) is 28.9 Å². The second kappa shape index (κ2) is 11.3. The maximum Gasteiger partial charge on any atom is 0.319 e. The Morgan fingerprint density at radius 1 is 1.09 bits per heavy atom. The summed E-state index contributed by atoms with van der Waals surface area (Å²) in [7, 11) is -3.95. The Labute approximate surface area is 248 Å². The van der Waals surface area contributed by atoms with Gasteiger partial charge in [0.25, 0.3) is 11.5 Å². The predicted molar refractivity (Wildman–Crippen MR) is 164 cm³/mol. The molecule has 10 nitrogen and oxygen atoms in total. The van der Waals surface area contributed by atoms with Crippen LogP contribution in [-0.4, -0.2) is 40.7 Å². The first-order chi connectivity index (χ1) is 20.3. The highest BCUT2D eigenvalue weighted by Crippen LogP contribution is 2.36. The first-order valence-electron chi connectivity index (χ1n) is 14.0. The summed E-state index contributed by atoms with van der Waals surface area (Å²) in [6.45, 7) is 7.26. The number of H-pyrrole nitrogens is 1. The lowest BCUT2D eigenvalue weighted by molar-refractivity contribution is 0.0973. The van der Waals surface area contributed by atoms with E-state index in [1.165, 1.54) is 29.0 Å². The lowest BCUT2D eigenvalue weighted by Crippen LogP contribution is -2.43. The standard InChI is InChI=1S/C31H34FN5O5S/c1-5-18-8-13-25-23(15-18)26(22-7-6-14-33-28(22)38)27(29(39)36-43(41,42)21-10-11-21)37(25)17-19-16-20(9-12-24(19)32)34-30(40)35-31(2,3)4/h6-9,12-16,21H,5,10-11,17H2,1-4H3,(H,33,38)(H,36,39)(H2,34,35,40). The van der Waals surface area contributed by atoms with Gasteiger partial charge in [-0.1, -0.05) is 13.0 Å². The summed E-state index contributed by atoms with van der Waals surface area (Å²) in [5.74, 6) is -1.51. The Morgan fingerprint density at radius 2 is 1.84 bits per heavy atom. The number of nitrogens with zero attached hydrogens (tertiary/aromatic N) is 1. The van der Waals surface area contributed by atoms with Crippen LogP contribution in [0.25, 0.3) is 22.0 Å². The van der Waals surface area contributed by atoms with Gasteiger partial charge < -0.3 is 20.2 Å². The molecule has 4 N–H and O–H groups in total. The van der Waals surface area contributed by atoms with Crippen LogP contribution in [0.1, 0.15) is 62.2 Å². The molecule has 0 spiro atoms. The number of anilines is 1. The monoisotopic (exact) mass is 607 g/mol. The summed E-state index contributed by atoms with van der Waals surface area (Å²) in [4.78, 5) is 42.0. The Bertz CT molecular complexity index is 1900. The van der Waals surface area contributed by atoms with Gasteiger partial charge in [-0.05, 0) is 88.1 Å². The summed E-state index contributed by atoms with van der Waals surface area (Å²) < 4.78 is 44.7. The normalized spacial score (nSPS) is 13.6. The molecule has 3 amide bonds. The van der Waals surface area contributed by atoms with Crippen molar-refractivity contribution < 1.29 is 22.4 Å². The van der Waals surface area contributed by atoms with E-state index in [4.69, 9.17) is 0 Å². The van der Waals surface area contributed by atoms with Crippen LogP contribution in [0.3, 0.4) is 0 Å². The number of carbonyl (C=O) groups is 2. The Hall–Kier alpha value is -4.45. The van der Waals surface area contributed by atoms with E-state index in [2.05, 4.69) is 20.3 Å². The molecule has 0 unspecified atom stereocenters. The Morgan fingerprint density at radius 3 is 2.49 bits per heavy atom. The molecule has 226 valence electrons. The molecule has 5 rings (SSSR count). The zero-order valence-electron chi connectivity index (χ0n) is 24.4. The van der Waals surface area contributed by atoms with Gasteiger partial charge >= 0.3 is 6.03 Å². The number of hydrogen-bond acceptors (Lipinski definition) is 5. The van der Waals surface area contributed by atoms with Crippen molar-refractivity contribution in [2.24, 2.45) is 0 Å². The first-order valence-corrected chi connectivity index (χ1v) is 15.6. The lowest BCUT2D eigenvalue weighted by atomic mass is 10.0. The number of rotatable bonds is 8. The largest absolute Gasteiger partial charge is 0.333 e. The summed E-state index contributed by atoms with van der Waals surface area (Å²) in [5, 5.41) is 5.36. The van der Waals surface area contributed by atoms with Crippen molar-refractivity contribution in [2.45, 2.75) is 64.3 Å². The van der Waals surface area contributed by atoms with Crippen molar-refractivity contribution in [1.29, 1.82) is 0 Å². The number of nitrogens with one attached hydrogen (secondary N) is 4. The van der Waals surface area contributed by atoms with Crippen LogP contribution < -0.4 is 20.9 Å². The highest BCUT2D eigenvalue weighted by Gasteiger charge is 2.38. The molecule has 2 heterocycles. The number of benzene rings is 2. The molecule has 0 radical (unpaired) electrons. The van der Waals surface area contributed by atoms with Gasteiger partial charge in [0.1, 0.15) is 11.5 Å². The zero-order chi connectivity index (χ0) is 31.1. The number of fused-ring (bicyclic) bond motifs is 1. The van der Waals surface area contributed by atoms with E-state index in [9.17, 15) is 22.8 Å². The van der Waals surface area contributed by atoms with Gasteiger partial charge in [0.05, 0.1) is 11.8 Å². The van der Waals surface area contributed by atoms with Gasteiger partial charge in [-0.2, -0.15) is 0 Å². The fourth-order valence-electron chi connectivity index (χ4n) is 5.00. The molecule has 0 saturated heterocycles. The smallest absolute Gasteiger partial charge is 0.319 e. The number of sulfonamides is 1. The second-order valence-corrected chi connectivity index (χ2v) is 13.7. The van der Waals surface area contributed by atoms with Crippen molar-refractivity contribution >= 4 is 38.6 Å². The second-order valence-electron chi connectivity index (χ2n) is 11.7. The molecular formula is C31H34FN5O5S. The fraction of sp³-hybridized carbons (Fsp3) is 0.323. The summed E-state index contributed by atoms with van der Waals surface area (Å²) in [6.07, 6.45) is 3.03. The Kier molecular flexibility index (Phi) is 7.91. The molecular weight excluding hydrogens is 573 g/mol. The molecule has 2 aromatic heterocycles.